The Balaban J connectivity index is 2.74. The zero-order valence-electron chi connectivity index (χ0n) is 8.16. The molecule has 0 saturated carbocycles. The molecule has 0 radical (unpaired) electrons. The van der Waals surface area contributed by atoms with Crippen molar-refractivity contribution in [3.63, 3.8) is 0 Å². The van der Waals surface area contributed by atoms with Gasteiger partial charge in [0.25, 0.3) is 0 Å². The Morgan fingerprint density at radius 2 is 2.15 bits per heavy atom. The van der Waals surface area contributed by atoms with Crippen LogP contribution in [0.25, 0.3) is 11.0 Å². The van der Waals surface area contributed by atoms with Gasteiger partial charge in [-0.25, -0.2) is 0 Å². The van der Waals surface area contributed by atoms with Gasteiger partial charge in [0, 0.05) is 17.5 Å². The highest BCUT2D eigenvalue weighted by molar-refractivity contribution is 5.81. The predicted octanol–water partition coefficient (Wildman–Crippen LogP) is 3.26. The van der Waals surface area contributed by atoms with E-state index in [2.05, 4.69) is 25.8 Å². The molecule has 0 atom stereocenters. The molecule has 0 saturated heterocycles. The predicted molar refractivity (Wildman–Crippen MR) is 52.8 cm³/mol. The van der Waals surface area contributed by atoms with Gasteiger partial charge in [0.05, 0.1) is 6.20 Å². The molecule has 2 aromatic heterocycles. The van der Waals surface area contributed by atoms with Crippen molar-refractivity contribution in [3.8, 4) is 0 Å². The molecule has 68 valence electrons. The second-order valence-corrected chi connectivity index (χ2v) is 3.62. The van der Waals surface area contributed by atoms with Crippen molar-refractivity contribution in [2.75, 3.05) is 0 Å². The first-order valence-electron chi connectivity index (χ1n) is 4.53. The maximum absolute atomic E-state index is 5.70. The van der Waals surface area contributed by atoms with E-state index < -0.39 is 0 Å². The normalized spacial score (nSPS) is 11.4. The Morgan fingerprint density at radius 3 is 2.77 bits per heavy atom. The summed E-state index contributed by atoms with van der Waals surface area (Å²) in [5.74, 6) is 1.51. The van der Waals surface area contributed by atoms with Gasteiger partial charge < -0.3 is 4.42 Å². The summed E-state index contributed by atoms with van der Waals surface area (Å²) in [6.45, 7) is 6.37. The lowest BCUT2D eigenvalue weighted by molar-refractivity contribution is 0.517. The highest BCUT2D eigenvalue weighted by Gasteiger charge is 2.12. The van der Waals surface area contributed by atoms with Crippen molar-refractivity contribution < 1.29 is 4.42 Å². The van der Waals surface area contributed by atoms with Crippen LogP contribution in [0.4, 0.5) is 0 Å². The number of pyridine rings is 1. The van der Waals surface area contributed by atoms with Gasteiger partial charge >= 0.3 is 0 Å². The van der Waals surface area contributed by atoms with Crippen LogP contribution in [0.1, 0.15) is 31.1 Å². The lowest BCUT2D eigenvalue weighted by Gasteiger charge is -1.99. The van der Waals surface area contributed by atoms with Gasteiger partial charge in [0.2, 0.25) is 0 Å². The van der Waals surface area contributed by atoms with Gasteiger partial charge in [-0.1, -0.05) is 13.8 Å². The van der Waals surface area contributed by atoms with E-state index in [1.54, 1.807) is 12.4 Å². The monoisotopic (exact) mass is 175 g/mol. The van der Waals surface area contributed by atoms with Crippen molar-refractivity contribution in [2.45, 2.75) is 26.7 Å². The smallest absolute Gasteiger partial charge is 0.152 e. The fraction of sp³-hybridized carbons (Fsp3) is 0.364. The zero-order chi connectivity index (χ0) is 9.42. The SMILES string of the molecule is Cc1c(C(C)C)oc2cnccc12. The largest absolute Gasteiger partial charge is 0.459 e. The van der Waals surface area contributed by atoms with Gasteiger partial charge in [-0.15, -0.1) is 0 Å². The van der Waals surface area contributed by atoms with E-state index in [0.29, 0.717) is 5.92 Å². The molecular weight excluding hydrogens is 162 g/mol. The van der Waals surface area contributed by atoms with Crippen LogP contribution in [-0.4, -0.2) is 4.98 Å². The molecule has 0 N–H and O–H groups in total. The highest BCUT2D eigenvalue weighted by atomic mass is 16.3. The summed E-state index contributed by atoms with van der Waals surface area (Å²) >= 11 is 0. The third kappa shape index (κ3) is 1.22. The molecule has 0 spiro atoms. The van der Waals surface area contributed by atoms with Gasteiger partial charge in [0.15, 0.2) is 5.58 Å². The number of fused-ring (bicyclic) bond motifs is 1. The number of aromatic nitrogens is 1. The van der Waals surface area contributed by atoms with Crippen LogP contribution in [0.15, 0.2) is 22.9 Å². The minimum absolute atomic E-state index is 0.437. The molecule has 0 amide bonds. The summed E-state index contributed by atoms with van der Waals surface area (Å²) in [6.07, 6.45) is 3.57. The Bertz CT molecular complexity index is 429. The van der Waals surface area contributed by atoms with E-state index in [9.17, 15) is 0 Å². The Labute approximate surface area is 77.6 Å². The van der Waals surface area contributed by atoms with Crippen LogP contribution in [-0.2, 0) is 0 Å². The molecule has 0 aliphatic carbocycles. The molecule has 0 aliphatic rings. The second kappa shape index (κ2) is 2.87. The molecule has 0 aliphatic heterocycles. The molecule has 2 heteroatoms. The lowest BCUT2D eigenvalue weighted by Crippen LogP contribution is -1.85. The number of aryl methyl sites for hydroxylation is 1. The van der Waals surface area contributed by atoms with Crippen LogP contribution in [0.2, 0.25) is 0 Å². The molecule has 2 nitrogen and oxygen atoms in total. The van der Waals surface area contributed by atoms with Crippen LogP contribution in [0.5, 0.6) is 0 Å². The number of nitrogens with zero attached hydrogens (tertiary/aromatic N) is 1. The first-order valence-corrected chi connectivity index (χ1v) is 4.53. The highest BCUT2D eigenvalue weighted by Crippen LogP contribution is 2.29. The minimum atomic E-state index is 0.437. The quantitative estimate of drug-likeness (QED) is 0.664. The zero-order valence-corrected chi connectivity index (χ0v) is 8.16. The number of hydrogen-bond acceptors (Lipinski definition) is 2. The van der Waals surface area contributed by atoms with Crippen molar-refractivity contribution >= 4 is 11.0 Å². The minimum Gasteiger partial charge on any atom is -0.459 e. The summed E-state index contributed by atoms with van der Waals surface area (Å²) in [5, 5.41) is 1.18. The third-order valence-electron chi connectivity index (χ3n) is 2.30. The van der Waals surface area contributed by atoms with Gasteiger partial charge in [-0.05, 0) is 18.6 Å². The summed E-state index contributed by atoms with van der Waals surface area (Å²) in [5.41, 5.74) is 2.14. The van der Waals surface area contributed by atoms with Crippen LogP contribution in [0.3, 0.4) is 0 Å². The maximum Gasteiger partial charge on any atom is 0.152 e. The number of furan rings is 1. The average molecular weight is 175 g/mol. The fourth-order valence-electron chi connectivity index (χ4n) is 1.65. The second-order valence-electron chi connectivity index (χ2n) is 3.62. The van der Waals surface area contributed by atoms with E-state index in [1.165, 1.54) is 10.9 Å². The molecule has 13 heavy (non-hydrogen) atoms. The number of rotatable bonds is 1. The topological polar surface area (TPSA) is 26.0 Å². The molecule has 2 rings (SSSR count). The molecule has 2 heterocycles. The van der Waals surface area contributed by atoms with Gasteiger partial charge in [-0.2, -0.15) is 0 Å². The van der Waals surface area contributed by atoms with E-state index in [1.807, 2.05) is 6.07 Å². The summed E-state index contributed by atoms with van der Waals surface area (Å²) < 4.78 is 5.70. The third-order valence-corrected chi connectivity index (χ3v) is 2.30. The average Bonchev–Trinajstić information content (AvgIpc) is 2.45. The summed E-state index contributed by atoms with van der Waals surface area (Å²) in [4.78, 5) is 4.03. The molecule has 0 bridgehead atoms. The van der Waals surface area contributed by atoms with Crippen molar-refractivity contribution in [1.82, 2.24) is 4.98 Å². The Hall–Kier alpha value is -1.31. The van der Waals surface area contributed by atoms with Crippen LogP contribution < -0.4 is 0 Å². The molecule has 0 unspecified atom stereocenters. The summed E-state index contributed by atoms with van der Waals surface area (Å²) in [6, 6.07) is 2.00. The van der Waals surface area contributed by atoms with Crippen LogP contribution >= 0.6 is 0 Å². The van der Waals surface area contributed by atoms with Gasteiger partial charge in [0.1, 0.15) is 5.76 Å². The molecular formula is C11H13NO. The van der Waals surface area contributed by atoms with E-state index in [4.69, 9.17) is 4.42 Å². The standard InChI is InChI=1S/C11H13NO/c1-7(2)11-8(3)9-4-5-12-6-10(9)13-11/h4-7H,1-3H3. The Kier molecular flexibility index (Phi) is 1.83. The van der Waals surface area contributed by atoms with Crippen molar-refractivity contribution in [2.24, 2.45) is 0 Å². The summed E-state index contributed by atoms with van der Waals surface area (Å²) in [7, 11) is 0. The molecule has 0 aromatic carbocycles. The molecule has 2 aromatic rings. The molecule has 0 fully saturated rings. The van der Waals surface area contributed by atoms with E-state index >= 15 is 0 Å². The van der Waals surface area contributed by atoms with E-state index in [-0.39, 0.29) is 0 Å². The van der Waals surface area contributed by atoms with Crippen LogP contribution in [0, 0.1) is 6.92 Å². The first kappa shape index (κ1) is 8.30. The number of hydrogen-bond donors (Lipinski definition) is 0. The lowest BCUT2D eigenvalue weighted by atomic mass is 10.1. The fourth-order valence-corrected chi connectivity index (χ4v) is 1.65. The van der Waals surface area contributed by atoms with E-state index in [0.717, 1.165) is 11.3 Å². The van der Waals surface area contributed by atoms with Crippen molar-refractivity contribution in [1.29, 1.82) is 0 Å². The van der Waals surface area contributed by atoms with Gasteiger partial charge in [-0.3, -0.25) is 4.98 Å². The maximum atomic E-state index is 5.70. The first-order chi connectivity index (χ1) is 6.20. The van der Waals surface area contributed by atoms with Crippen molar-refractivity contribution in [3.05, 3.63) is 29.8 Å². The Morgan fingerprint density at radius 1 is 1.38 bits per heavy atom.